The molecule has 1 aromatic heterocycles. The van der Waals surface area contributed by atoms with Crippen LogP contribution in [-0.2, 0) is 9.59 Å². The SMILES string of the molecule is C[C@H](NC(=O)C[C@@H]1Sc2ccccc2NC1=O)c1cccnc1. The zero-order chi connectivity index (χ0) is 16.2. The van der Waals surface area contributed by atoms with Crippen molar-refractivity contribution in [3.05, 3.63) is 54.4 Å². The Kier molecular flexibility index (Phi) is 4.62. The van der Waals surface area contributed by atoms with E-state index in [-0.39, 0.29) is 24.3 Å². The minimum Gasteiger partial charge on any atom is -0.349 e. The Labute approximate surface area is 138 Å². The lowest BCUT2D eigenvalue weighted by Gasteiger charge is -2.24. The summed E-state index contributed by atoms with van der Waals surface area (Å²) < 4.78 is 0. The first-order valence-electron chi connectivity index (χ1n) is 7.39. The molecule has 3 rings (SSSR count). The number of thioether (sulfide) groups is 1. The van der Waals surface area contributed by atoms with Gasteiger partial charge in [-0.15, -0.1) is 11.8 Å². The van der Waals surface area contributed by atoms with Crippen molar-refractivity contribution in [1.29, 1.82) is 0 Å². The first-order chi connectivity index (χ1) is 11.1. The standard InChI is InChI=1S/C17H17N3O2S/c1-11(12-5-4-8-18-10-12)19-16(21)9-15-17(22)20-13-6-2-3-7-14(13)23-15/h2-8,10-11,15H,9H2,1H3,(H,19,21)(H,20,22)/t11-,15-/m0/s1. The number of amides is 2. The Balaban J connectivity index is 1.61. The summed E-state index contributed by atoms with van der Waals surface area (Å²) in [7, 11) is 0. The molecule has 118 valence electrons. The zero-order valence-electron chi connectivity index (χ0n) is 12.7. The normalized spacial score (nSPS) is 17.8. The van der Waals surface area contributed by atoms with Gasteiger partial charge in [-0.3, -0.25) is 14.6 Å². The molecule has 1 aromatic carbocycles. The van der Waals surface area contributed by atoms with E-state index in [0.29, 0.717) is 0 Å². The second-order valence-electron chi connectivity index (χ2n) is 5.37. The number of hydrogen-bond donors (Lipinski definition) is 2. The van der Waals surface area contributed by atoms with Gasteiger partial charge < -0.3 is 10.6 Å². The number of carbonyl (C=O) groups is 2. The lowest BCUT2D eigenvalue weighted by Crippen LogP contribution is -2.35. The van der Waals surface area contributed by atoms with Crippen molar-refractivity contribution in [2.24, 2.45) is 0 Å². The monoisotopic (exact) mass is 327 g/mol. The lowest BCUT2D eigenvalue weighted by atomic mass is 10.1. The first kappa shape index (κ1) is 15.6. The van der Waals surface area contributed by atoms with E-state index in [2.05, 4.69) is 15.6 Å². The van der Waals surface area contributed by atoms with Crippen LogP contribution in [0.2, 0.25) is 0 Å². The third-order valence-corrected chi connectivity index (χ3v) is 4.91. The Morgan fingerprint density at radius 3 is 2.96 bits per heavy atom. The van der Waals surface area contributed by atoms with Crippen LogP contribution in [0.25, 0.3) is 0 Å². The minimum atomic E-state index is -0.411. The highest BCUT2D eigenvalue weighted by Crippen LogP contribution is 2.36. The van der Waals surface area contributed by atoms with Gasteiger partial charge in [0.05, 0.1) is 17.0 Å². The highest BCUT2D eigenvalue weighted by Gasteiger charge is 2.29. The molecule has 0 fully saturated rings. The molecule has 0 spiro atoms. The number of anilines is 1. The van der Waals surface area contributed by atoms with Crippen LogP contribution in [-0.4, -0.2) is 22.0 Å². The van der Waals surface area contributed by atoms with Crippen LogP contribution in [0, 0.1) is 0 Å². The van der Waals surface area contributed by atoms with Gasteiger partial charge in [-0.2, -0.15) is 0 Å². The van der Waals surface area contributed by atoms with Crippen LogP contribution in [0.15, 0.2) is 53.7 Å². The maximum absolute atomic E-state index is 12.2. The Bertz CT molecular complexity index is 721. The molecule has 0 saturated carbocycles. The fourth-order valence-corrected chi connectivity index (χ4v) is 3.52. The Hall–Kier alpha value is -2.34. The van der Waals surface area contributed by atoms with Crippen LogP contribution >= 0.6 is 11.8 Å². The van der Waals surface area contributed by atoms with Gasteiger partial charge in [-0.25, -0.2) is 0 Å². The molecule has 23 heavy (non-hydrogen) atoms. The van der Waals surface area contributed by atoms with Crippen LogP contribution in [0.4, 0.5) is 5.69 Å². The van der Waals surface area contributed by atoms with E-state index in [1.807, 2.05) is 43.3 Å². The number of nitrogens with one attached hydrogen (secondary N) is 2. The highest BCUT2D eigenvalue weighted by atomic mass is 32.2. The number of nitrogens with zero attached hydrogens (tertiary/aromatic N) is 1. The number of carbonyl (C=O) groups excluding carboxylic acids is 2. The molecular weight excluding hydrogens is 310 g/mol. The molecule has 0 saturated heterocycles. The molecule has 2 N–H and O–H groups in total. The van der Waals surface area contributed by atoms with Gasteiger partial charge in [0.1, 0.15) is 0 Å². The van der Waals surface area contributed by atoms with Crippen molar-refractivity contribution in [3.8, 4) is 0 Å². The number of para-hydroxylation sites is 1. The first-order valence-corrected chi connectivity index (χ1v) is 8.27. The van der Waals surface area contributed by atoms with Crippen molar-refractivity contribution in [1.82, 2.24) is 10.3 Å². The number of benzene rings is 1. The van der Waals surface area contributed by atoms with Crippen LogP contribution in [0.3, 0.4) is 0 Å². The van der Waals surface area contributed by atoms with Crippen molar-refractivity contribution in [2.75, 3.05) is 5.32 Å². The number of pyridine rings is 1. The number of hydrogen-bond acceptors (Lipinski definition) is 4. The fourth-order valence-electron chi connectivity index (χ4n) is 2.41. The lowest BCUT2D eigenvalue weighted by molar-refractivity contribution is -0.124. The third-order valence-electron chi connectivity index (χ3n) is 3.64. The van der Waals surface area contributed by atoms with E-state index in [1.165, 1.54) is 11.8 Å². The molecular formula is C17H17N3O2S. The topological polar surface area (TPSA) is 71.1 Å². The minimum absolute atomic E-state index is 0.127. The molecule has 5 nitrogen and oxygen atoms in total. The Morgan fingerprint density at radius 1 is 1.35 bits per heavy atom. The molecule has 1 aliphatic rings. The van der Waals surface area contributed by atoms with Crippen LogP contribution in [0.5, 0.6) is 0 Å². The molecule has 1 aliphatic heterocycles. The largest absolute Gasteiger partial charge is 0.349 e. The maximum atomic E-state index is 12.2. The van der Waals surface area contributed by atoms with Crippen molar-refractivity contribution in [3.63, 3.8) is 0 Å². The molecule has 0 radical (unpaired) electrons. The van der Waals surface area contributed by atoms with Crippen molar-refractivity contribution >= 4 is 29.3 Å². The summed E-state index contributed by atoms with van der Waals surface area (Å²) >= 11 is 1.43. The summed E-state index contributed by atoms with van der Waals surface area (Å²) in [6.45, 7) is 1.90. The second-order valence-corrected chi connectivity index (χ2v) is 6.62. The van der Waals surface area contributed by atoms with Gasteiger partial charge in [-0.05, 0) is 30.7 Å². The van der Waals surface area contributed by atoms with Gasteiger partial charge in [0.2, 0.25) is 11.8 Å². The maximum Gasteiger partial charge on any atom is 0.238 e. The molecule has 2 atom stereocenters. The predicted octanol–water partition coefficient (Wildman–Crippen LogP) is 2.76. The van der Waals surface area contributed by atoms with E-state index in [0.717, 1.165) is 16.1 Å². The molecule has 6 heteroatoms. The van der Waals surface area contributed by atoms with E-state index in [4.69, 9.17) is 0 Å². The van der Waals surface area contributed by atoms with E-state index in [1.54, 1.807) is 12.4 Å². The van der Waals surface area contributed by atoms with Gasteiger partial charge >= 0.3 is 0 Å². The summed E-state index contributed by atoms with van der Waals surface area (Å²) in [6, 6.07) is 11.2. The van der Waals surface area contributed by atoms with Gasteiger partial charge in [0, 0.05) is 23.7 Å². The van der Waals surface area contributed by atoms with Crippen molar-refractivity contribution < 1.29 is 9.59 Å². The summed E-state index contributed by atoms with van der Waals surface area (Å²) in [5.41, 5.74) is 1.75. The number of fused-ring (bicyclic) bond motifs is 1. The van der Waals surface area contributed by atoms with Gasteiger partial charge in [0.25, 0.3) is 0 Å². The molecule has 0 bridgehead atoms. The molecule has 0 unspecified atom stereocenters. The second kappa shape index (κ2) is 6.83. The highest BCUT2D eigenvalue weighted by molar-refractivity contribution is 8.01. The third kappa shape index (κ3) is 3.71. The average Bonchev–Trinajstić information content (AvgIpc) is 2.56. The van der Waals surface area contributed by atoms with E-state index in [9.17, 15) is 9.59 Å². The van der Waals surface area contributed by atoms with Crippen LogP contribution in [0.1, 0.15) is 24.9 Å². The molecule has 0 aliphatic carbocycles. The fraction of sp³-hybridized carbons (Fsp3) is 0.235. The molecule has 2 heterocycles. The van der Waals surface area contributed by atoms with Gasteiger partial charge in [-0.1, -0.05) is 18.2 Å². The smallest absolute Gasteiger partial charge is 0.238 e. The average molecular weight is 327 g/mol. The summed E-state index contributed by atoms with van der Waals surface area (Å²) in [6.07, 6.45) is 3.57. The van der Waals surface area contributed by atoms with E-state index >= 15 is 0 Å². The Morgan fingerprint density at radius 2 is 2.17 bits per heavy atom. The molecule has 2 amide bonds. The predicted molar refractivity (Wildman–Crippen MR) is 90.1 cm³/mol. The number of aromatic nitrogens is 1. The summed E-state index contributed by atoms with van der Waals surface area (Å²) in [5.74, 6) is -0.272. The van der Waals surface area contributed by atoms with E-state index < -0.39 is 5.25 Å². The van der Waals surface area contributed by atoms with Crippen molar-refractivity contribution in [2.45, 2.75) is 29.5 Å². The van der Waals surface area contributed by atoms with Crippen LogP contribution < -0.4 is 10.6 Å². The van der Waals surface area contributed by atoms with Gasteiger partial charge in [0.15, 0.2) is 0 Å². The zero-order valence-corrected chi connectivity index (χ0v) is 13.5. The molecule has 2 aromatic rings. The summed E-state index contributed by atoms with van der Waals surface area (Å²) in [5, 5.41) is 5.36. The summed E-state index contributed by atoms with van der Waals surface area (Å²) in [4.78, 5) is 29.4. The number of rotatable bonds is 4. The quantitative estimate of drug-likeness (QED) is 0.906.